The first-order chi connectivity index (χ1) is 22.8. The molecule has 0 unspecified atom stereocenters. The lowest BCUT2D eigenvalue weighted by molar-refractivity contribution is -0.140. The maximum absolute atomic E-state index is 14.7. The van der Waals surface area contributed by atoms with Gasteiger partial charge < -0.3 is 15.0 Å². The van der Waals surface area contributed by atoms with Gasteiger partial charge in [0, 0.05) is 19.0 Å². The third-order valence-electron chi connectivity index (χ3n) is 8.62. The summed E-state index contributed by atoms with van der Waals surface area (Å²) in [5, 5.41) is 3.25. The van der Waals surface area contributed by atoms with E-state index in [-0.39, 0.29) is 35.5 Å². The molecule has 4 aromatic carbocycles. The number of para-hydroxylation sites is 2. The molecule has 246 valence electrons. The van der Waals surface area contributed by atoms with Crippen LogP contribution in [0.25, 0.3) is 0 Å². The highest BCUT2D eigenvalue weighted by Gasteiger charge is 2.36. The Hall–Kier alpha value is -4.63. The van der Waals surface area contributed by atoms with Crippen molar-refractivity contribution in [2.24, 2.45) is 0 Å². The molecule has 0 spiro atoms. The van der Waals surface area contributed by atoms with E-state index in [1.165, 1.54) is 19.2 Å². The summed E-state index contributed by atoms with van der Waals surface area (Å²) in [6, 6.07) is 31.3. The number of carbonyl (C=O) groups excluding carboxylic acids is 2. The second-order valence-corrected chi connectivity index (χ2v) is 13.9. The van der Waals surface area contributed by atoms with Gasteiger partial charge in [-0.2, -0.15) is 0 Å². The summed E-state index contributed by atoms with van der Waals surface area (Å²) in [6.07, 6.45) is 5.31. The van der Waals surface area contributed by atoms with Gasteiger partial charge in [0.1, 0.15) is 18.3 Å². The van der Waals surface area contributed by atoms with Crippen molar-refractivity contribution >= 4 is 27.5 Å². The molecule has 8 nitrogen and oxygen atoms in total. The fourth-order valence-electron chi connectivity index (χ4n) is 6.17. The molecule has 0 saturated heterocycles. The van der Waals surface area contributed by atoms with Crippen LogP contribution in [0.4, 0.5) is 5.69 Å². The predicted octanol–water partition coefficient (Wildman–Crippen LogP) is 6.29. The number of anilines is 1. The van der Waals surface area contributed by atoms with Crippen molar-refractivity contribution in [1.29, 1.82) is 0 Å². The van der Waals surface area contributed by atoms with Gasteiger partial charge in [0.05, 0.1) is 17.7 Å². The fraction of sp³-hybridized carbons (Fsp3) is 0.316. The zero-order valence-electron chi connectivity index (χ0n) is 27.0. The number of hydrogen-bond donors (Lipinski definition) is 1. The van der Waals surface area contributed by atoms with Crippen LogP contribution in [0.2, 0.25) is 0 Å². The highest BCUT2D eigenvalue weighted by molar-refractivity contribution is 7.92. The summed E-state index contributed by atoms with van der Waals surface area (Å²) in [6.45, 7) is 1.56. The monoisotopic (exact) mass is 653 g/mol. The lowest BCUT2D eigenvalue weighted by Gasteiger charge is -2.35. The molecule has 0 aromatic heterocycles. The Bertz CT molecular complexity index is 1740. The van der Waals surface area contributed by atoms with Gasteiger partial charge in [0.25, 0.3) is 10.0 Å². The van der Waals surface area contributed by atoms with E-state index in [9.17, 15) is 18.0 Å². The highest BCUT2D eigenvalue weighted by Crippen LogP contribution is 2.32. The molecule has 1 aliphatic carbocycles. The molecule has 5 rings (SSSR count). The molecule has 1 fully saturated rings. The maximum Gasteiger partial charge on any atom is 0.264 e. The number of sulfonamides is 1. The smallest absolute Gasteiger partial charge is 0.264 e. The molecule has 0 heterocycles. The third kappa shape index (κ3) is 8.60. The minimum Gasteiger partial charge on any atom is -0.495 e. The van der Waals surface area contributed by atoms with Gasteiger partial charge in [0.2, 0.25) is 11.8 Å². The van der Waals surface area contributed by atoms with Crippen LogP contribution in [-0.2, 0) is 32.6 Å². The van der Waals surface area contributed by atoms with E-state index in [2.05, 4.69) is 5.32 Å². The second-order valence-electron chi connectivity index (χ2n) is 12.1. The quantitative estimate of drug-likeness (QED) is 0.183. The van der Waals surface area contributed by atoms with Crippen molar-refractivity contribution < 1.29 is 22.7 Å². The minimum atomic E-state index is -4.22. The highest BCUT2D eigenvalue weighted by atomic mass is 32.2. The van der Waals surface area contributed by atoms with Gasteiger partial charge in [-0.25, -0.2) is 8.42 Å². The lowest BCUT2D eigenvalue weighted by Crippen LogP contribution is -2.55. The number of benzene rings is 4. The zero-order valence-corrected chi connectivity index (χ0v) is 27.9. The van der Waals surface area contributed by atoms with Crippen molar-refractivity contribution in [3.8, 4) is 5.75 Å². The first-order valence-corrected chi connectivity index (χ1v) is 17.6. The molecular formula is C38H43N3O5S. The fourth-order valence-corrected chi connectivity index (χ4v) is 7.62. The van der Waals surface area contributed by atoms with E-state index in [0.717, 1.165) is 53.1 Å². The maximum atomic E-state index is 14.7. The molecule has 0 aliphatic heterocycles. The van der Waals surface area contributed by atoms with Crippen molar-refractivity contribution in [1.82, 2.24) is 10.2 Å². The number of nitrogens with zero attached hydrogens (tertiary/aromatic N) is 2. The average Bonchev–Trinajstić information content (AvgIpc) is 3.10. The van der Waals surface area contributed by atoms with Crippen LogP contribution in [-0.4, -0.2) is 50.9 Å². The third-order valence-corrected chi connectivity index (χ3v) is 10.4. The number of amides is 2. The van der Waals surface area contributed by atoms with Crippen LogP contribution < -0.4 is 14.4 Å². The van der Waals surface area contributed by atoms with Crippen LogP contribution >= 0.6 is 0 Å². The lowest BCUT2D eigenvalue weighted by atomic mass is 9.94. The van der Waals surface area contributed by atoms with Crippen LogP contribution in [0.5, 0.6) is 5.75 Å². The summed E-state index contributed by atoms with van der Waals surface area (Å²) >= 11 is 0. The molecule has 1 aliphatic rings. The number of aryl methyl sites for hydroxylation is 1. The van der Waals surface area contributed by atoms with Gasteiger partial charge in [-0.05, 0) is 55.2 Å². The van der Waals surface area contributed by atoms with Crippen LogP contribution in [0.3, 0.4) is 0 Å². The second kappa shape index (κ2) is 15.8. The summed E-state index contributed by atoms with van der Waals surface area (Å²) in [5.41, 5.74) is 2.99. The molecule has 9 heteroatoms. The van der Waals surface area contributed by atoms with Gasteiger partial charge in [-0.1, -0.05) is 110 Å². The molecule has 1 N–H and O–H groups in total. The predicted molar refractivity (Wildman–Crippen MR) is 185 cm³/mol. The first-order valence-electron chi connectivity index (χ1n) is 16.2. The number of rotatable bonds is 13. The Morgan fingerprint density at radius 1 is 0.830 bits per heavy atom. The Kier molecular flexibility index (Phi) is 11.3. The summed E-state index contributed by atoms with van der Waals surface area (Å²) in [4.78, 5) is 30.5. The first kappa shape index (κ1) is 33.7. The number of nitrogens with one attached hydrogen (secondary N) is 1. The number of hydrogen-bond acceptors (Lipinski definition) is 5. The van der Waals surface area contributed by atoms with Gasteiger partial charge in [-0.15, -0.1) is 0 Å². The van der Waals surface area contributed by atoms with E-state index in [1.807, 2.05) is 61.5 Å². The molecule has 1 atom stereocenters. The van der Waals surface area contributed by atoms with E-state index >= 15 is 0 Å². The van der Waals surface area contributed by atoms with Gasteiger partial charge in [-0.3, -0.25) is 13.9 Å². The van der Waals surface area contributed by atoms with E-state index in [0.29, 0.717) is 5.75 Å². The van der Waals surface area contributed by atoms with Crippen LogP contribution in [0.15, 0.2) is 114 Å². The van der Waals surface area contributed by atoms with E-state index in [4.69, 9.17) is 4.74 Å². The van der Waals surface area contributed by atoms with E-state index in [1.54, 1.807) is 47.4 Å². The summed E-state index contributed by atoms with van der Waals surface area (Å²) < 4.78 is 35.1. The van der Waals surface area contributed by atoms with Crippen molar-refractivity contribution in [3.05, 3.63) is 126 Å². The summed E-state index contributed by atoms with van der Waals surface area (Å²) in [5.74, 6) is -0.436. The van der Waals surface area contributed by atoms with Crippen LogP contribution in [0, 0.1) is 6.92 Å². The molecule has 2 amide bonds. The topological polar surface area (TPSA) is 96.0 Å². The SMILES string of the molecule is COc1ccccc1N(CC(=O)N(Cc1cccc(C)c1)[C@@H](Cc1ccccc1)C(=O)NC1CCCCC1)S(=O)(=O)c1ccccc1. The largest absolute Gasteiger partial charge is 0.495 e. The molecule has 0 bridgehead atoms. The average molecular weight is 654 g/mol. The van der Waals surface area contributed by atoms with E-state index < -0.39 is 28.5 Å². The van der Waals surface area contributed by atoms with Gasteiger partial charge in [0.15, 0.2) is 0 Å². The Balaban J connectivity index is 1.58. The zero-order chi connectivity index (χ0) is 33.2. The van der Waals surface area contributed by atoms with Crippen LogP contribution in [0.1, 0.15) is 48.8 Å². The Morgan fingerprint density at radius 3 is 2.15 bits per heavy atom. The Morgan fingerprint density at radius 2 is 1.47 bits per heavy atom. The summed E-state index contributed by atoms with van der Waals surface area (Å²) in [7, 11) is -2.76. The molecule has 47 heavy (non-hydrogen) atoms. The Labute approximate surface area is 278 Å². The number of methoxy groups -OCH3 is 1. The molecule has 0 radical (unpaired) electrons. The number of carbonyl (C=O) groups is 2. The van der Waals surface area contributed by atoms with Crippen molar-refractivity contribution in [2.75, 3.05) is 18.0 Å². The standard InChI is InChI=1S/C38H43N3O5S/c1-29-15-14-18-31(25-29)27-40(35(26-30-16-6-3-7-17-30)38(43)39-32-19-8-4-9-20-32)37(42)28-41(34-23-12-13-24-36(34)46-2)47(44,45)33-21-10-5-11-22-33/h3,5-7,10-18,21-25,32,35H,4,8-9,19-20,26-28H2,1-2H3,(H,39,43)/t35-/m0/s1. The number of ether oxygens (including phenoxy) is 1. The minimum absolute atomic E-state index is 0.0361. The molecule has 4 aromatic rings. The normalized spacial score (nSPS) is 14.2. The van der Waals surface area contributed by atoms with Gasteiger partial charge >= 0.3 is 0 Å². The van der Waals surface area contributed by atoms with Crippen molar-refractivity contribution in [2.45, 2.75) is 69.0 Å². The molecular weight excluding hydrogens is 611 g/mol. The molecule has 1 saturated carbocycles. The van der Waals surface area contributed by atoms with Crippen molar-refractivity contribution in [3.63, 3.8) is 0 Å².